The molecule has 0 amide bonds. The number of nitrogens with zero attached hydrogens (tertiary/aromatic N) is 3. The summed E-state index contributed by atoms with van der Waals surface area (Å²) in [5.41, 5.74) is 4.55. The Kier molecular flexibility index (Phi) is 5.24. The fourth-order valence-electron chi connectivity index (χ4n) is 3.55. The van der Waals surface area contributed by atoms with E-state index in [9.17, 15) is 0 Å². The Bertz CT molecular complexity index is 555. The summed E-state index contributed by atoms with van der Waals surface area (Å²) in [4.78, 5) is 9.49. The molecule has 1 aromatic heterocycles. The quantitative estimate of drug-likeness (QED) is 0.842. The lowest BCUT2D eigenvalue weighted by molar-refractivity contribution is 0.0714. The molecule has 118 valence electrons. The molecule has 2 aromatic rings. The summed E-state index contributed by atoms with van der Waals surface area (Å²) in [7, 11) is 2.24. The van der Waals surface area contributed by atoms with Gasteiger partial charge >= 0.3 is 0 Å². The minimum Gasteiger partial charge on any atom is -0.299 e. The van der Waals surface area contributed by atoms with Gasteiger partial charge in [-0.15, -0.1) is 11.3 Å². The molecule has 2 heterocycles. The highest BCUT2D eigenvalue weighted by atomic mass is 32.1. The maximum atomic E-state index is 4.41. The van der Waals surface area contributed by atoms with Crippen molar-refractivity contribution in [3.05, 3.63) is 52.5 Å². The SMILES string of the molecule is CC1CN(Cc2ccccc2)CCC1N(C)Cc1cscn1. The highest BCUT2D eigenvalue weighted by Gasteiger charge is 2.28. The first kappa shape index (κ1) is 15.7. The second-order valence-electron chi connectivity index (χ2n) is 6.45. The zero-order valence-electron chi connectivity index (χ0n) is 13.5. The van der Waals surface area contributed by atoms with Crippen molar-refractivity contribution in [3.63, 3.8) is 0 Å². The topological polar surface area (TPSA) is 19.4 Å². The lowest BCUT2D eigenvalue weighted by Crippen LogP contribution is -2.48. The Morgan fingerprint density at radius 3 is 2.82 bits per heavy atom. The van der Waals surface area contributed by atoms with Gasteiger partial charge in [0.15, 0.2) is 0 Å². The normalized spacial score (nSPS) is 23.0. The predicted octanol–water partition coefficient (Wildman–Crippen LogP) is 3.49. The zero-order valence-corrected chi connectivity index (χ0v) is 14.3. The van der Waals surface area contributed by atoms with Gasteiger partial charge in [-0.25, -0.2) is 4.98 Å². The smallest absolute Gasteiger partial charge is 0.0795 e. The van der Waals surface area contributed by atoms with E-state index < -0.39 is 0 Å². The van der Waals surface area contributed by atoms with Crippen LogP contribution in [0.2, 0.25) is 0 Å². The molecule has 4 heteroatoms. The van der Waals surface area contributed by atoms with Crippen LogP contribution in [0.3, 0.4) is 0 Å². The van der Waals surface area contributed by atoms with Crippen molar-refractivity contribution in [3.8, 4) is 0 Å². The van der Waals surface area contributed by atoms with Crippen LogP contribution >= 0.6 is 11.3 Å². The molecular weight excluding hydrogens is 290 g/mol. The van der Waals surface area contributed by atoms with Crippen molar-refractivity contribution >= 4 is 11.3 Å². The van der Waals surface area contributed by atoms with Crippen LogP contribution in [0.15, 0.2) is 41.2 Å². The first-order chi connectivity index (χ1) is 10.7. The van der Waals surface area contributed by atoms with Crippen molar-refractivity contribution in [2.75, 3.05) is 20.1 Å². The molecule has 3 rings (SSSR count). The first-order valence-corrected chi connectivity index (χ1v) is 9.00. The summed E-state index contributed by atoms with van der Waals surface area (Å²) >= 11 is 1.68. The summed E-state index contributed by atoms with van der Waals surface area (Å²) in [6, 6.07) is 11.5. The molecule has 1 aliphatic heterocycles. The average molecular weight is 315 g/mol. The number of aromatic nitrogens is 1. The van der Waals surface area contributed by atoms with E-state index in [0.717, 1.165) is 13.1 Å². The van der Waals surface area contributed by atoms with Gasteiger partial charge in [-0.3, -0.25) is 9.80 Å². The van der Waals surface area contributed by atoms with E-state index in [-0.39, 0.29) is 0 Å². The van der Waals surface area contributed by atoms with Gasteiger partial charge in [-0.1, -0.05) is 37.3 Å². The number of thiazole rings is 1. The monoisotopic (exact) mass is 315 g/mol. The average Bonchev–Trinajstić information content (AvgIpc) is 3.01. The Morgan fingerprint density at radius 1 is 1.32 bits per heavy atom. The summed E-state index contributed by atoms with van der Waals surface area (Å²) in [6.45, 7) is 6.80. The molecule has 2 atom stereocenters. The fraction of sp³-hybridized carbons (Fsp3) is 0.500. The van der Waals surface area contributed by atoms with E-state index in [0.29, 0.717) is 12.0 Å². The second-order valence-corrected chi connectivity index (χ2v) is 7.17. The number of piperidine rings is 1. The summed E-state index contributed by atoms with van der Waals surface area (Å²) in [5.74, 6) is 0.695. The van der Waals surface area contributed by atoms with Gasteiger partial charge in [0.1, 0.15) is 0 Å². The van der Waals surface area contributed by atoms with Crippen LogP contribution in [0.25, 0.3) is 0 Å². The maximum Gasteiger partial charge on any atom is 0.0795 e. The molecule has 1 aromatic carbocycles. The van der Waals surface area contributed by atoms with Crippen molar-refractivity contribution < 1.29 is 0 Å². The Balaban J connectivity index is 1.53. The van der Waals surface area contributed by atoms with E-state index in [2.05, 4.69) is 64.5 Å². The third-order valence-corrected chi connectivity index (χ3v) is 5.29. The number of benzene rings is 1. The lowest BCUT2D eigenvalue weighted by atomic mass is 9.92. The molecule has 0 spiro atoms. The van der Waals surface area contributed by atoms with Crippen LogP contribution in [0.4, 0.5) is 0 Å². The van der Waals surface area contributed by atoms with Gasteiger partial charge in [-0.05, 0) is 31.5 Å². The van der Waals surface area contributed by atoms with Crippen LogP contribution in [0.1, 0.15) is 24.6 Å². The van der Waals surface area contributed by atoms with Crippen molar-refractivity contribution in [1.29, 1.82) is 0 Å². The Labute approximate surface area is 137 Å². The number of hydrogen-bond acceptors (Lipinski definition) is 4. The van der Waals surface area contributed by atoms with E-state index in [1.165, 1.54) is 30.8 Å². The first-order valence-electron chi connectivity index (χ1n) is 8.06. The van der Waals surface area contributed by atoms with Gasteiger partial charge in [-0.2, -0.15) is 0 Å². The molecule has 22 heavy (non-hydrogen) atoms. The minimum atomic E-state index is 0.661. The molecule has 1 aliphatic rings. The van der Waals surface area contributed by atoms with E-state index in [1.807, 2.05) is 5.51 Å². The molecule has 0 N–H and O–H groups in total. The van der Waals surface area contributed by atoms with Gasteiger partial charge < -0.3 is 0 Å². The van der Waals surface area contributed by atoms with Crippen molar-refractivity contribution in [2.45, 2.75) is 32.5 Å². The Morgan fingerprint density at radius 2 is 2.14 bits per heavy atom. The highest BCUT2D eigenvalue weighted by Crippen LogP contribution is 2.23. The molecule has 0 saturated carbocycles. The highest BCUT2D eigenvalue weighted by molar-refractivity contribution is 7.07. The molecule has 0 radical (unpaired) electrons. The number of hydrogen-bond donors (Lipinski definition) is 0. The van der Waals surface area contributed by atoms with Crippen LogP contribution in [0.5, 0.6) is 0 Å². The van der Waals surface area contributed by atoms with Crippen LogP contribution in [0, 0.1) is 5.92 Å². The van der Waals surface area contributed by atoms with Gasteiger partial charge in [0, 0.05) is 31.1 Å². The fourth-order valence-corrected chi connectivity index (χ4v) is 4.10. The lowest BCUT2D eigenvalue weighted by Gasteiger charge is -2.41. The molecule has 0 aliphatic carbocycles. The van der Waals surface area contributed by atoms with Crippen LogP contribution < -0.4 is 0 Å². The van der Waals surface area contributed by atoms with Crippen molar-refractivity contribution in [1.82, 2.24) is 14.8 Å². The molecule has 3 nitrogen and oxygen atoms in total. The molecular formula is C18H25N3S. The van der Waals surface area contributed by atoms with Crippen LogP contribution in [-0.2, 0) is 13.1 Å². The maximum absolute atomic E-state index is 4.41. The molecule has 0 bridgehead atoms. The largest absolute Gasteiger partial charge is 0.299 e. The van der Waals surface area contributed by atoms with E-state index in [1.54, 1.807) is 11.3 Å². The van der Waals surface area contributed by atoms with Gasteiger partial charge in [0.25, 0.3) is 0 Å². The third kappa shape index (κ3) is 3.94. The van der Waals surface area contributed by atoms with Gasteiger partial charge in [0.05, 0.1) is 11.2 Å². The van der Waals surface area contributed by atoms with E-state index in [4.69, 9.17) is 0 Å². The third-order valence-electron chi connectivity index (χ3n) is 4.65. The predicted molar refractivity (Wildman–Crippen MR) is 92.9 cm³/mol. The summed E-state index contributed by atoms with van der Waals surface area (Å²) in [6.07, 6.45) is 1.24. The molecule has 1 saturated heterocycles. The molecule has 1 fully saturated rings. The summed E-state index contributed by atoms with van der Waals surface area (Å²) < 4.78 is 0. The zero-order chi connectivity index (χ0) is 15.4. The number of likely N-dealkylation sites (tertiary alicyclic amines) is 1. The van der Waals surface area contributed by atoms with Crippen molar-refractivity contribution in [2.24, 2.45) is 5.92 Å². The molecule has 2 unspecified atom stereocenters. The summed E-state index contributed by atoms with van der Waals surface area (Å²) in [5, 5.41) is 2.16. The van der Waals surface area contributed by atoms with Crippen LogP contribution in [-0.4, -0.2) is 41.0 Å². The Hall–Kier alpha value is -1.23. The minimum absolute atomic E-state index is 0.661. The standard InChI is InChI=1S/C18H25N3S/c1-15-10-21(11-16-6-4-3-5-7-16)9-8-18(15)20(2)12-17-13-22-14-19-17/h3-7,13-15,18H,8-12H2,1-2H3. The number of rotatable bonds is 5. The van der Waals surface area contributed by atoms with E-state index >= 15 is 0 Å². The van der Waals surface area contributed by atoms with Gasteiger partial charge in [0.2, 0.25) is 0 Å². The second kappa shape index (κ2) is 7.36.